The number of hydrogen-bond donors (Lipinski definition) is 2. The van der Waals surface area contributed by atoms with E-state index in [4.69, 9.17) is 4.74 Å². The van der Waals surface area contributed by atoms with Crippen molar-refractivity contribution in [1.29, 1.82) is 0 Å². The molecule has 4 rings (SSSR count). The van der Waals surface area contributed by atoms with E-state index in [-0.39, 0.29) is 54.0 Å². The Balaban J connectivity index is 1.57. The van der Waals surface area contributed by atoms with Crippen LogP contribution in [0.25, 0.3) is 0 Å². The van der Waals surface area contributed by atoms with Crippen LogP contribution in [-0.2, 0) is 26.0 Å². The van der Waals surface area contributed by atoms with Crippen molar-refractivity contribution in [1.82, 2.24) is 9.62 Å². The van der Waals surface area contributed by atoms with Crippen molar-refractivity contribution < 1.29 is 37.4 Å². The molecule has 1 heterocycles. The van der Waals surface area contributed by atoms with Gasteiger partial charge in [0.25, 0.3) is 5.91 Å². The maximum atomic E-state index is 13.8. The number of anilines is 1. The predicted octanol–water partition coefficient (Wildman–Crippen LogP) is 3.85. The van der Waals surface area contributed by atoms with Gasteiger partial charge in [0, 0.05) is 29.9 Å². The van der Waals surface area contributed by atoms with Crippen molar-refractivity contribution >= 4 is 39.3 Å². The topological polar surface area (TPSA) is 150 Å². The average molecular weight is 650 g/mol. The number of hydrogen-bond acceptors (Lipinski definition) is 8. The molecule has 0 bridgehead atoms. The van der Waals surface area contributed by atoms with Gasteiger partial charge in [0.1, 0.15) is 0 Å². The van der Waals surface area contributed by atoms with Gasteiger partial charge in [-0.3, -0.25) is 19.3 Å². The zero-order chi connectivity index (χ0) is 33.6. The molecule has 12 heteroatoms. The Kier molecular flexibility index (Phi) is 11.1. The van der Waals surface area contributed by atoms with Crippen LogP contribution >= 0.6 is 0 Å². The van der Waals surface area contributed by atoms with E-state index < -0.39 is 40.3 Å². The van der Waals surface area contributed by atoms with E-state index in [0.29, 0.717) is 11.3 Å². The summed E-state index contributed by atoms with van der Waals surface area (Å²) in [5.41, 5.74) is 1.83. The molecule has 2 N–H and O–H groups in total. The minimum atomic E-state index is -4.14. The molecule has 2 amide bonds. The first kappa shape index (κ1) is 34.5. The fraction of sp³-hybridized carbons (Fsp3) is 0.353. The lowest BCUT2D eigenvalue weighted by atomic mass is 10.0. The van der Waals surface area contributed by atoms with Gasteiger partial charge >= 0.3 is 6.09 Å². The number of benzene rings is 3. The van der Waals surface area contributed by atoms with Crippen LogP contribution in [0.15, 0.2) is 83.8 Å². The molecular formula is C34H39N3O8S. The first-order valence-electron chi connectivity index (χ1n) is 15.0. The van der Waals surface area contributed by atoms with Crippen LogP contribution in [0, 0.1) is 5.92 Å². The Labute approximate surface area is 269 Å². The van der Waals surface area contributed by atoms with E-state index in [1.807, 2.05) is 44.2 Å². The second kappa shape index (κ2) is 14.8. The largest absolute Gasteiger partial charge is 0.434 e. The normalized spacial score (nSPS) is 16.3. The third kappa shape index (κ3) is 8.45. The summed E-state index contributed by atoms with van der Waals surface area (Å²) >= 11 is 0. The summed E-state index contributed by atoms with van der Waals surface area (Å²) in [6.45, 7) is 6.05. The number of nitrogens with zero attached hydrogens (tertiary/aromatic N) is 2. The molecule has 1 fully saturated rings. The highest BCUT2D eigenvalue weighted by atomic mass is 32.2. The summed E-state index contributed by atoms with van der Waals surface area (Å²) in [5.74, 6) is -1.23. The van der Waals surface area contributed by atoms with E-state index in [2.05, 4.69) is 5.32 Å². The molecule has 0 saturated carbocycles. The molecular weight excluding hydrogens is 610 g/mol. The standard InChI is InChI=1S/C34H39N3O8S/c1-22(2)19-36(46(43,44)29-15-9-13-27(18-29)24(4)39)20-31(40)30(16-25-10-6-5-7-11-25)35-33(41)32-21-37(34(42)45-32)28-14-8-12-26(17-28)23(3)38/h5-15,17-18,22,30-32,40H,16,19-21H2,1-4H3,(H,35,41)/t30-,31+,32-/m0/s1. The van der Waals surface area contributed by atoms with Gasteiger partial charge in [-0.25, -0.2) is 13.2 Å². The molecule has 11 nitrogen and oxygen atoms in total. The molecule has 0 spiro atoms. The van der Waals surface area contributed by atoms with Crippen molar-refractivity contribution in [3.05, 3.63) is 95.6 Å². The monoisotopic (exact) mass is 649 g/mol. The Morgan fingerprint density at radius 3 is 2.20 bits per heavy atom. The molecule has 0 unspecified atom stereocenters. The summed E-state index contributed by atoms with van der Waals surface area (Å²) < 4.78 is 34.1. The third-order valence-corrected chi connectivity index (χ3v) is 9.42. The molecule has 1 saturated heterocycles. The summed E-state index contributed by atoms with van der Waals surface area (Å²) in [6, 6.07) is 20.3. The number of rotatable bonds is 14. The zero-order valence-electron chi connectivity index (χ0n) is 26.3. The van der Waals surface area contributed by atoms with Crippen LogP contribution in [0.2, 0.25) is 0 Å². The number of carbonyl (C=O) groups is 4. The molecule has 3 aromatic rings. The van der Waals surface area contributed by atoms with Gasteiger partial charge in [0.2, 0.25) is 10.0 Å². The number of nitrogens with one attached hydrogen (secondary N) is 1. The molecule has 3 aromatic carbocycles. The van der Waals surface area contributed by atoms with Crippen LogP contribution in [0.4, 0.5) is 10.5 Å². The minimum Gasteiger partial charge on any atom is -0.434 e. The van der Waals surface area contributed by atoms with E-state index in [1.54, 1.807) is 24.3 Å². The van der Waals surface area contributed by atoms with Crippen molar-refractivity contribution in [3.63, 3.8) is 0 Å². The molecule has 0 aromatic heterocycles. The van der Waals surface area contributed by atoms with E-state index in [9.17, 15) is 32.7 Å². The first-order valence-corrected chi connectivity index (χ1v) is 16.4. The van der Waals surface area contributed by atoms with Gasteiger partial charge in [0.15, 0.2) is 17.7 Å². The number of cyclic esters (lactones) is 1. The second-order valence-corrected chi connectivity index (χ2v) is 13.7. The zero-order valence-corrected chi connectivity index (χ0v) is 27.1. The van der Waals surface area contributed by atoms with E-state index >= 15 is 0 Å². The average Bonchev–Trinajstić information content (AvgIpc) is 3.42. The lowest BCUT2D eigenvalue weighted by Crippen LogP contribution is -2.53. The highest BCUT2D eigenvalue weighted by molar-refractivity contribution is 7.89. The first-order chi connectivity index (χ1) is 21.8. The Morgan fingerprint density at radius 1 is 0.935 bits per heavy atom. The summed E-state index contributed by atoms with van der Waals surface area (Å²) in [5, 5.41) is 14.3. The molecule has 0 aliphatic carbocycles. The van der Waals surface area contributed by atoms with Crippen molar-refractivity contribution in [3.8, 4) is 0 Å². The molecule has 46 heavy (non-hydrogen) atoms. The molecule has 1 aliphatic heterocycles. The lowest BCUT2D eigenvalue weighted by Gasteiger charge is -2.31. The Hall–Kier alpha value is -4.39. The quantitative estimate of drug-likeness (QED) is 0.250. The highest BCUT2D eigenvalue weighted by Crippen LogP contribution is 2.24. The number of ether oxygens (including phenoxy) is 1. The number of carbonyl (C=O) groups excluding carboxylic acids is 4. The lowest BCUT2D eigenvalue weighted by molar-refractivity contribution is -0.129. The SMILES string of the molecule is CC(=O)c1cccc(N2C[C@@H](C(=O)N[C@@H](Cc3ccccc3)[C@H](O)CN(CC(C)C)S(=O)(=O)c3cccc(C(C)=O)c3)OC2=O)c1. The van der Waals surface area contributed by atoms with E-state index in [1.165, 1.54) is 43.0 Å². The molecule has 0 radical (unpaired) electrons. The van der Waals surface area contributed by atoms with Gasteiger partial charge in [-0.2, -0.15) is 4.31 Å². The van der Waals surface area contributed by atoms with Crippen LogP contribution in [0.1, 0.15) is 54.0 Å². The smallest absolute Gasteiger partial charge is 0.415 e. The van der Waals surface area contributed by atoms with Crippen molar-refractivity contribution in [2.24, 2.45) is 5.92 Å². The van der Waals surface area contributed by atoms with E-state index in [0.717, 1.165) is 9.87 Å². The number of amides is 2. The van der Waals surface area contributed by atoms with Gasteiger partial charge in [-0.1, -0.05) is 68.4 Å². The number of Topliss-reactive ketones (excluding diaryl/α,β-unsaturated/α-hetero) is 2. The van der Waals surface area contributed by atoms with Gasteiger partial charge < -0.3 is 15.2 Å². The van der Waals surface area contributed by atoms with Crippen molar-refractivity contribution in [2.45, 2.75) is 57.3 Å². The van der Waals surface area contributed by atoms with Crippen LogP contribution in [-0.4, -0.2) is 79.3 Å². The van der Waals surface area contributed by atoms with Gasteiger partial charge in [-0.05, 0) is 56.0 Å². The fourth-order valence-corrected chi connectivity index (χ4v) is 6.84. The third-order valence-electron chi connectivity index (χ3n) is 7.60. The molecule has 1 aliphatic rings. The number of aliphatic hydroxyl groups excluding tert-OH is 1. The van der Waals surface area contributed by atoms with Crippen LogP contribution in [0.5, 0.6) is 0 Å². The number of sulfonamides is 1. The number of ketones is 2. The minimum absolute atomic E-state index is 0.0736. The fourth-order valence-electron chi connectivity index (χ4n) is 5.17. The van der Waals surface area contributed by atoms with Gasteiger partial charge in [-0.15, -0.1) is 0 Å². The molecule has 3 atom stereocenters. The highest BCUT2D eigenvalue weighted by Gasteiger charge is 2.39. The maximum Gasteiger partial charge on any atom is 0.415 e. The molecule has 244 valence electrons. The Morgan fingerprint density at radius 2 is 1.57 bits per heavy atom. The summed E-state index contributed by atoms with van der Waals surface area (Å²) in [4.78, 5) is 51.2. The van der Waals surface area contributed by atoms with Crippen LogP contribution < -0.4 is 10.2 Å². The Bertz CT molecular complexity index is 1690. The van der Waals surface area contributed by atoms with Crippen LogP contribution in [0.3, 0.4) is 0 Å². The van der Waals surface area contributed by atoms with Gasteiger partial charge in [0.05, 0.1) is 23.6 Å². The summed E-state index contributed by atoms with van der Waals surface area (Å²) in [7, 11) is -4.14. The predicted molar refractivity (Wildman–Crippen MR) is 172 cm³/mol. The van der Waals surface area contributed by atoms with Crippen molar-refractivity contribution in [2.75, 3.05) is 24.5 Å². The maximum absolute atomic E-state index is 13.8. The number of aliphatic hydroxyl groups is 1. The summed E-state index contributed by atoms with van der Waals surface area (Å²) in [6.07, 6.45) is -3.19. The second-order valence-electron chi connectivity index (χ2n) is 11.8.